The van der Waals surface area contributed by atoms with Gasteiger partial charge >= 0.3 is 17.9 Å². The molecule has 0 rings (SSSR count). The number of carbonyl (C=O) groups excluding carboxylic acids is 3. The molecule has 0 amide bonds. The van der Waals surface area contributed by atoms with Gasteiger partial charge in [0.2, 0.25) is 0 Å². The van der Waals surface area contributed by atoms with Gasteiger partial charge in [-0.1, -0.05) is 297 Å². The normalized spacial score (nSPS) is 12.8. The highest BCUT2D eigenvalue weighted by atomic mass is 16.6. The average molecular weight is 1060 g/mol. The highest BCUT2D eigenvalue weighted by Gasteiger charge is 2.19. The van der Waals surface area contributed by atoms with Gasteiger partial charge in [-0.3, -0.25) is 14.4 Å². The molecule has 0 saturated heterocycles. The highest BCUT2D eigenvalue weighted by Crippen LogP contribution is 2.16. The molecule has 6 nitrogen and oxygen atoms in total. The molecule has 0 aliphatic rings. The number of hydrogen-bond acceptors (Lipinski definition) is 6. The van der Waals surface area contributed by atoms with Crippen molar-refractivity contribution in [3.63, 3.8) is 0 Å². The zero-order valence-corrected chi connectivity index (χ0v) is 49.7. The van der Waals surface area contributed by atoms with Crippen molar-refractivity contribution in [2.24, 2.45) is 0 Å². The first-order valence-electron chi connectivity index (χ1n) is 31.9. The lowest BCUT2D eigenvalue weighted by Gasteiger charge is -2.18. The first kappa shape index (κ1) is 72.1. The standard InChI is InChI=1S/C70H118O6/c1-4-7-10-13-16-19-22-24-26-28-29-30-31-32-33-34-35-36-37-38-39-40-41-43-44-46-48-51-54-57-60-63-69(72)75-66-67(65-74-68(71)62-59-56-53-50-21-18-15-12-9-6-3)76-70(73)64-61-58-55-52-49-47-45-42-27-25-23-20-17-14-11-8-5-2/h7,10,16,19,24,26,29-30,32-33,35-36,38-39,41,43,46,48,67H,4-6,8-9,11-15,17-18,20-23,25,27-28,31,34,37,40,42,44-45,47,49-66H2,1-3H3/b10-7-,19-16-,26-24-,30-29-,33-32-,36-35-,39-38-,43-41-,48-46-. The van der Waals surface area contributed by atoms with Crippen LogP contribution in [0.1, 0.15) is 297 Å². The molecule has 0 aliphatic heterocycles. The van der Waals surface area contributed by atoms with Gasteiger partial charge < -0.3 is 14.2 Å². The van der Waals surface area contributed by atoms with Crippen LogP contribution in [0.5, 0.6) is 0 Å². The molecule has 0 spiro atoms. The number of allylic oxidation sites excluding steroid dienone is 18. The molecule has 0 aliphatic carbocycles. The van der Waals surface area contributed by atoms with Crippen LogP contribution in [0.3, 0.4) is 0 Å². The van der Waals surface area contributed by atoms with E-state index in [1.54, 1.807) is 0 Å². The fraction of sp³-hybridized carbons (Fsp3) is 0.700. The van der Waals surface area contributed by atoms with Crippen LogP contribution in [-0.4, -0.2) is 37.2 Å². The summed E-state index contributed by atoms with van der Waals surface area (Å²) in [4.78, 5) is 38.2. The van der Waals surface area contributed by atoms with Gasteiger partial charge in [-0.2, -0.15) is 0 Å². The number of hydrogen-bond donors (Lipinski definition) is 0. The smallest absolute Gasteiger partial charge is 0.306 e. The number of ether oxygens (including phenoxy) is 3. The lowest BCUT2D eigenvalue weighted by molar-refractivity contribution is -0.167. The summed E-state index contributed by atoms with van der Waals surface area (Å²) in [7, 11) is 0. The van der Waals surface area contributed by atoms with E-state index in [-0.39, 0.29) is 31.1 Å². The molecule has 0 saturated carbocycles. The van der Waals surface area contributed by atoms with Gasteiger partial charge in [-0.15, -0.1) is 0 Å². The Balaban J connectivity index is 4.31. The van der Waals surface area contributed by atoms with Crippen LogP contribution in [0, 0.1) is 0 Å². The van der Waals surface area contributed by atoms with E-state index < -0.39 is 6.10 Å². The van der Waals surface area contributed by atoms with Crippen LogP contribution in [-0.2, 0) is 28.6 Å². The molecular formula is C70H118O6. The Hall–Kier alpha value is -3.93. The molecule has 1 unspecified atom stereocenters. The summed E-state index contributed by atoms with van der Waals surface area (Å²) in [5.41, 5.74) is 0. The quantitative estimate of drug-likeness (QED) is 0.0261. The molecule has 0 aromatic rings. The van der Waals surface area contributed by atoms with E-state index in [1.807, 2.05) is 0 Å². The molecule has 0 fully saturated rings. The second-order valence-corrected chi connectivity index (χ2v) is 21.0. The van der Waals surface area contributed by atoms with Gasteiger partial charge in [-0.25, -0.2) is 0 Å². The van der Waals surface area contributed by atoms with Crippen molar-refractivity contribution < 1.29 is 28.6 Å². The van der Waals surface area contributed by atoms with Crippen molar-refractivity contribution >= 4 is 17.9 Å². The third kappa shape index (κ3) is 60.9. The van der Waals surface area contributed by atoms with E-state index in [0.29, 0.717) is 19.3 Å². The molecule has 0 aromatic carbocycles. The van der Waals surface area contributed by atoms with E-state index >= 15 is 0 Å². The van der Waals surface area contributed by atoms with Gasteiger partial charge in [0, 0.05) is 19.3 Å². The summed E-state index contributed by atoms with van der Waals surface area (Å²) in [6.07, 6.45) is 86.7. The summed E-state index contributed by atoms with van der Waals surface area (Å²) >= 11 is 0. The second kappa shape index (κ2) is 63.6. The zero-order chi connectivity index (χ0) is 55.0. The van der Waals surface area contributed by atoms with E-state index in [0.717, 1.165) is 122 Å². The van der Waals surface area contributed by atoms with Crippen LogP contribution in [0.15, 0.2) is 109 Å². The Morgan fingerprint density at radius 2 is 0.513 bits per heavy atom. The molecule has 434 valence electrons. The first-order valence-corrected chi connectivity index (χ1v) is 31.9. The maximum Gasteiger partial charge on any atom is 0.306 e. The summed E-state index contributed by atoms with van der Waals surface area (Å²) in [6, 6.07) is 0. The number of unbranched alkanes of at least 4 members (excludes halogenated alkanes) is 28. The summed E-state index contributed by atoms with van der Waals surface area (Å²) in [5.74, 6) is -0.912. The van der Waals surface area contributed by atoms with Crippen molar-refractivity contribution in [3.8, 4) is 0 Å². The molecule has 0 N–H and O–H groups in total. The summed E-state index contributed by atoms with van der Waals surface area (Å²) < 4.78 is 16.9. The SMILES string of the molecule is CC/C=C\C/C=C\C/C=C\C/C=C\C/C=C\C/C=C\C/C=C\C/C=C\C/C=C\CCCCCC(=O)OCC(COC(=O)CCCCCCCCCCCC)OC(=O)CCCCCCCCCCCCCCCCCCC. The van der Waals surface area contributed by atoms with Crippen LogP contribution in [0.4, 0.5) is 0 Å². The highest BCUT2D eigenvalue weighted by molar-refractivity contribution is 5.71. The van der Waals surface area contributed by atoms with Gasteiger partial charge in [0.1, 0.15) is 13.2 Å². The fourth-order valence-electron chi connectivity index (χ4n) is 8.79. The predicted molar refractivity (Wildman–Crippen MR) is 330 cm³/mol. The van der Waals surface area contributed by atoms with Crippen LogP contribution in [0.25, 0.3) is 0 Å². The van der Waals surface area contributed by atoms with Gasteiger partial charge in [0.05, 0.1) is 0 Å². The third-order valence-corrected chi connectivity index (χ3v) is 13.5. The molecule has 76 heavy (non-hydrogen) atoms. The molecule has 0 heterocycles. The van der Waals surface area contributed by atoms with Crippen LogP contribution in [0.2, 0.25) is 0 Å². The van der Waals surface area contributed by atoms with Crippen molar-refractivity contribution in [1.29, 1.82) is 0 Å². The molecule has 6 heteroatoms. The molecule has 0 radical (unpaired) electrons. The predicted octanol–water partition coefficient (Wildman–Crippen LogP) is 21.8. The van der Waals surface area contributed by atoms with Gasteiger partial charge in [-0.05, 0) is 89.9 Å². The van der Waals surface area contributed by atoms with E-state index in [9.17, 15) is 14.4 Å². The monoisotopic (exact) mass is 1050 g/mol. The molecular weight excluding hydrogens is 937 g/mol. The minimum absolute atomic E-state index is 0.0854. The lowest BCUT2D eigenvalue weighted by atomic mass is 10.0. The number of carbonyl (C=O) groups is 3. The van der Waals surface area contributed by atoms with E-state index in [2.05, 4.69) is 130 Å². The Morgan fingerprint density at radius 3 is 0.803 bits per heavy atom. The average Bonchev–Trinajstić information content (AvgIpc) is 3.42. The minimum Gasteiger partial charge on any atom is -0.462 e. The van der Waals surface area contributed by atoms with Crippen molar-refractivity contribution in [2.75, 3.05) is 13.2 Å². The Kier molecular flexibility index (Phi) is 60.3. The zero-order valence-electron chi connectivity index (χ0n) is 49.7. The first-order chi connectivity index (χ1) is 37.5. The number of esters is 3. The minimum atomic E-state index is -0.789. The topological polar surface area (TPSA) is 78.9 Å². The van der Waals surface area contributed by atoms with E-state index in [1.165, 1.54) is 135 Å². The van der Waals surface area contributed by atoms with Crippen LogP contribution < -0.4 is 0 Å². The maximum absolute atomic E-state index is 12.9. The summed E-state index contributed by atoms with van der Waals surface area (Å²) in [5, 5.41) is 0. The second-order valence-electron chi connectivity index (χ2n) is 21.0. The van der Waals surface area contributed by atoms with Gasteiger partial charge in [0.15, 0.2) is 6.10 Å². The van der Waals surface area contributed by atoms with Crippen molar-refractivity contribution in [1.82, 2.24) is 0 Å². The Morgan fingerprint density at radius 1 is 0.276 bits per heavy atom. The molecule has 0 aromatic heterocycles. The van der Waals surface area contributed by atoms with Crippen molar-refractivity contribution in [2.45, 2.75) is 303 Å². The van der Waals surface area contributed by atoms with E-state index in [4.69, 9.17) is 14.2 Å². The number of rotatable bonds is 57. The van der Waals surface area contributed by atoms with Crippen molar-refractivity contribution in [3.05, 3.63) is 109 Å². The summed E-state index contributed by atoms with van der Waals surface area (Å²) in [6.45, 7) is 6.51. The Labute approximate surface area is 470 Å². The fourth-order valence-corrected chi connectivity index (χ4v) is 8.79. The third-order valence-electron chi connectivity index (χ3n) is 13.5. The molecule has 1 atom stereocenters. The van der Waals surface area contributed by atoms with Gasteiger partial charge in [0.25, 0.3) is 0 Å². The maximum atomic E-state index is 12.9. The molecule has 0 bridgehead atoms. The largest absolute Gasteiger partial charge is 0.462 e. The Bertz CT molecular complexity index is 1540. The van der Waals surface area contributed by atoms with Crippen LogP contribution >= 0.6 is 0 Å². The lowest BCUT2D eigenvalue weighted by Crippen LogP contribution is -2.30.